The highest BCUT2D eigenvalue weighted by Crippen LogP contribution is 2.39. The average molecular weight is 240 g/mol. The molecule has 1 aromatic heterocycles. The zero-order chi connectivity index (χ0) is 11.4. The molecule has 16 heavy (non-hydrogen) atoms. The highest BCUT2D eigenvalue weighted by molar-refractivity contribution is 7.12. The van der Waals surface area contributed by atoms with E-state index in [-0.39, 0.29) is 0 Å². The first-order chi connectivity index (χ1) is 7.80. The molecular weight excluding hydrogens is 220 g/mol. The summed E-state index contributed by atoms with van der Waals surface area (Å²) in [7, 11) is 0. The van der Waals surface area contributed by atoms with Crippen LogP contribution in [0, 0.1) is 0 Å². The van der Waals surface area contributed by atoms with Crippen LogP contribution in [0.25, 0.3) is 0 Å². The standard InChI is InChI=1S/C13H20O2S/c1-3-5-11-6-7-12(16-11)13(8-4-2)14-9-10-15-13/h6-7H,3-5,8-10H2,1-2H3. The minimum absolute atomic E-state index is 0.425. The lowest BCUT2D eigenvalue weighted by molar-refractivity contribution is -0.168. The van der Waals surface area contributed by atoms with Gasteiger partial charge in [-0.05, 0) is 18.6 Å². The maximum absolute atomic E-state index is 5.85. The van der Waals surface area contributed by atoms with Gasteiger partial charge < -0.3 is 9.47 Å². The van der Waals surface area contributed by atoms with Gasteiger partial charge in [-0.2, -0.15) is 0 Å². The Balaban J connectivity index is 2.18. The first kappa shape index (κ1) is 12.1. The van der Waals surface area contributed by atoms with E-state index >= 15 is 0 Å². The van der Waals surface area contributed by atoms with Crippen LogP contribution in [0.2, 0.25) is 0 Å². The van der Waals surface area contributed by atoms with Crippen molar-refractivity contribution in [3.05, 3.63) is 21.9 Å². The number of ether oxygens (including phenoxy) is 2. The van der Waals surface area contributed by atoms with Crippen molar-refractivity contribution in [1.29, 1.82) is 0 Å². The first-order valence-corrected chi connectivity index (χ1v) is 6.99. The van der Waals surface area contributed by atoms with E-state index in [4.69, 9.17) is 9.47 Å². The molecule has 0 bridgehead atoms. The van der Waals surface area contributed by atoms with Gasteiger partial charge in [-0.1, -0.05) is 26.7 Å². The molecule has 90 valence electrons. The number of rotatable bonds is 5. The van der Waals surface area contributed by atoms with Gasteiger partial charge in [0.1, 0.15) is 0 Å². The van der Waals surface area contributed by atoms with Crippen molar-refractivity contribution in [2.75, 3.05) is 13.2 Å². The molecule has 0 saturated carbocycles. The maximum Gasteiger partial charge on any atom is 0.204 e. The van der Waals surface area contributed by atoms with Crippen LogP contribution >= 0.6 is 11.3 Å². The Morgan fingerprint density at radius 2 is 1.94 bits per heavy atom. The van der Waals surface area contributed by atoms with Crippen LogP contribution in [-0.4, -0.2) is 13.2 Å². The summed E-state index contributed by atoms with van der Waals surface area (Å²) in [5.74, 6) is -0.425. The molecule has 1 aliphatic heterocycles. The third-order valence-corrected chi connectivity index (χ3v) is 4.14. The minimum Gasteiger partial charge on any atom is -0.343 e. The second-order valence-corrected chi connectivity index (χ2v) is 5.38. The number of aryl methyl sites for hydroxylation is 1. The topological polar surface area (TPSA) is 18.5 Å². The van der Waals surface area contributed by atoms with E-state index in [9.17, 15) is 0 Å². The molecular formula is C13H20O2S. The lowest BCUT2D eigenvalue weighted by atomic mass is 10.1. The molecule has 3 heteroatoms. The van der Waals surface area contributed by atoms with E-state index in [1.165, 1.54) is 16.2 Å². The summed E-state index contributed by atoms with van der Waals surface area (Å²) in [5.41, 5.74) is 0. The monoisotopic (exact) mass is 240 g/mol. The summed E-state index contributed by atoms with van der Waals surface area (Å²) < 4.78 is 11.7. The molecule has 2 nitrogen and oxygen atoms in total. The Hall–Kier alpha value is -0.380. The molecule has 0 N–H and O–H groups in total. The molecule has 1 saturated heterocycles. The van der Waals surface area contributed by atoms with Crippen molar-refractivity contribution < 1.29 is 9.47 Å². The van der Waals surface area contributed by atoms with Crippen molar-refractivity contribution in [1.82, 2.24) is 0 Å². The van der Waals surface area contributed by atoms with Gasteiger partial charge in [0.05, 0.1) is 18.1 Å². The van der Waals surface area contributed by atoms with Gasteiger partial charge in [0, 0.05) is 11.3 Å². The highest BCUT2D eigenvalue weighted by Gasteiger charge is 2.38. The van der Waals surface area contributed by atoms with Gasteiger partial charge >= 0.3 is 0 Å². The summed E-state index contributed by atoms with van der Waals surface area (Å²) in [6, 6.07) is 4.39. The molecule has 0 aromatic carbocycles. The zero-order valence-corrected chi connectivity index (χ0v) is 10.9. The average Bonchev–Trinajstić information content (AvgIpc) is 2.88. The molecule has 2 rings (SSSR count). The van der Waals surface area contributed by atoms with Crippen LogP contribution in [0.5, 0.6) is 0 Å². The minimum atomic E-state index is -0.425. The number of hydrogen-bond donors (Lipinski definition) is 0. The molecule has 1 aromatic rings. The van der Waals surface area contributed by atoms with Crippen molar-refractivity contribution in [2.45, 2.75) is 45.3 Å². The molecule has 1 fully saturated rings. The van der Waals surface area contributed by atoms with Crippen LogP contribution in [0.4, 0.5) is 0 Å². The fourth-order valence-electron chi connectivity index (χ4n) is 2.16. The van der Waals surface area contributed by atoms with Gasteiger partial charge in [-0.25, -0.2) is 0 Å². The Labute approximate surface area is 102 Å². The smallest absolute Gasteiger partial charge is 0.204 e. The molecule has 0 spiro atoms. The van der Waals surface area contributed by atoms with Crippen LogP contribution in [0.15, 0.2) is 12.1 Å². The largest absolute Gasteiger partial charge is 0.343 e. The third-order valence-electron chi connectivity index (χ3n) is 2.87. The van der Waals surface area contributed by atoms with E-state index in [1.807, 2.05) is 11.3 Å². The van der Waals surface area contributed by atoms with Gasteiger partial charge in [0.25, 0.3) is 0 Å². The van der Waals surface area contributed by atoms with Gasteiger partial charge in [-0.3, -0.25) is 0 Å². The van der Waals surface area contributed by atoms with Gasteiger partial charge in [0.15, 0.2) is 0 Å². The first-order valence-electron chi connectivity index (χ1n) is 6.18. The molecule has 1 aliphatic rings. The van der Waals surface area contributed by atoms with E-state index in [0.717, 1.165) is 32.5 Å². The van der Waals surface area contributed by atoms with Crippen LogP contribution < -0.4 is 0 Å². The Morgan fingerprint density at radius 1 is 1.19 bits per heavy atom. The summed E-state index contributed by atoms with van der Waals surface area (Å²) >= 11 is 1.84. The predicted molar refractivity (Wildman–Crippen MR) is 66.8 cm³/mol. The van der Waals surface area contributed by atoms with Crippen molar-refractivity contribution >= 4 is 11.3 Å². The second kappa shape index (κ2) is 5.30. The van der Waals surface area contributed by atoms with Gasteiger partial charge in [0.2, 0.25) is 5.79 Å². The fourth-order valence-corrected chi connectivity index (χ4v) is 3.39. The third kappa shape index (κ3) is 2.31. The molecule has 0 radical (unpaired) electrons. The van der Waals surface area contributed by atoms with Crippen LogP contribution in [-0.2, 0) is 21.7 Å². The summed E-state index contributed by atoms with van der Waals surface area (Å²) in [6.07, 6.45) is 4.40. The van der Waals surface area contributed by atoms with Crippen molar-refractivity contribution in [2.24, 2.45) is 0 Å². The summed E-state index contributed by atoms with van der Waals surface area (Å²) in [6.45, 7) is 5.83. The summed E-state index contributed by atoms with van der Waals surface area (Å²) in [5, 5.41) is 0. The zero-order valence-electron chi connectivity index (χ0n) is 10.1. The lowest BCUT2D eigenvalue weighted by Gasteiger charge is -2.25. The van der Waals surface area contributed by atoms with Crippen molar-refractivity contribution in [3.63, 3.8) is 0 Å². The second-order valence-electron chi connectivity index (χ2n) is 4.22. The SMILES string of the molecule is CCCc1ccc(C2(CCC)OCCO2)s1. The van der Waals surface area contributed by atoms with E-state index in [1.54, 1.807) is 0 Å². The molecule has 2 heterocycles. The summed E-state index contributed by atoms with van der Waals surface area (Å²) in [4.78, 5) is 2.68. The molecule has 0 unspecified atom stereocenters. The quantitative estimate of drug-likeness (QED) is 0.781. The normalized spacial score (nSPS) is 19.1. The Bertz CT molecular complexity index is 326. The van der Waals surface area contributed by atoms with E-state index in [0.29, 0.717) is 0 Å². The molecule has 0 amide bonds. The predicted octanol–water partition coefficient (Wildman–Crippen LogP) is 3.70. The Morgan fingerprint density at radius 3 is 2.56 bits per heavy atom. The maximum atomic E-state index is 5.85. The van der Waals surface area contributed by atoms with E-state index < -0.39 is 5.79 Å². The highest BCUT2D eigenvalue weighted by atomic mass is 32.1. The van der Waals surface area contributed by atoms with E-state index in [2.05, 4.69) is 26.0 Å². The number of hydrogen-bond acceptors (Lipinski definition) is 3. The van der Waals surface area contributed by atoms with Crippen molar-refractivity contribution in [3.8, 4) is 0 Å². The van der Waals surface area contributed by atoms with Gasteiger partial charge in [-0.15, -0.1) is 11.3 Å². The van der Waals surface area contributed by atoms with Crippen LogP contribution in [0.3, 0.4) is 0 Å². The lowest BCUT2D eigenvalue weighted by Crippen LogP contribution is -2.25. The van der Waals surface area contributed by atoms with Crippen LogP contribution in [0.1, 0.15) is 42.9 Å². The molecule has 0 atom stereocenters. The molecule has 0 aliphatic carbocycles. The number of thiophene rings is 1. The Kier molecular flexibility index (Phi) is 4.00. The fraction of sp³-hybridized carbons (Fsp3) is 0.692.